The predicted molar refractivity (Wildman–Crippen MR) is 288 cm³/mol. The number of anilines is 6. The molecule has 0 spiro atoms. The van der Waals surface area contributed by atoms with E-state index in [4.69, 9.17) is 4.98 Å². The van der Waals surface area contributed by atoms with E-state index in [0.717, 1.165) is 63.2 Å². The molecule has 1 saturated carbocycles. The molecule has 392 valence electrons. The lowest BCUT2D eigenvalue weighted by atomic mass is 9.83. The van der Waals surface area contributed by atoms with E-state index in [-0.39, 0.29) is 46.9 Å². The number of rotatable bonds is 11. The van der Waals surface area contributed by atoms with Crippen LogP contribution in [0.5, 0.6) is 0 Å². The van der Waals surface area contributed by atoms with Crippen LogP contribution in [-0.4, -0.2) is 126 Å². The Morgan fingerprint density at radius 3 is 2.35 bits per heavy atom. The van der Waals surface area contributed by atoms with E-state index in [0.29, 0.717) is 102 Å². The van der Waals surface area contributed by atoms with Gasteiger partial charge in [0, 0.05) is 112 Å². The summed E-state index contributed by atoms with van der Waals surface area (Å²) in [5.74, 6) is -0.642. The summed E-state index contributed by atoms with van der Waals surface area (Å²) >= 11 is 0. The molecule has 4 aliphatic heterocycles. The van der Waals surface area contributed by atoms with E-state index < -0.39 is 17.8 Å². The zero-order valence-electron chi connectivity index (χ0n) is 43.6. The van der Waals surface area contributed by atoms with E-state index in [1.165, 1.54) is 26.8 Å². The molecule has 4 N–H and O–H groups in total. The van der Waals surface area contributed by atoms with Crippen LogP contribution in [0.1, 0.15) is 114 Å². The highest BCUT2D eigenvalue weighted by Crippen LogP contribution is 2.42. The number of amides is 4. The summed E-state index contributed by atoms with van der Waals surface area (Å²) in [4.78, 5) is 87.5. The minimum atomic E-state index is -0.756. The molecular formula is C57H67N11O7. The highest BCUT2D eigenvalue weighted by molar-refractivity contribution is 6.22. The average Bonchev–Trinajstić information content (AvgIpc) is 4.02. The second-order valence-corrected chi connectivity index (χ2v) is 22.6. The lowest BCUT2D eigenvalue weighted by Gasteiger charge is -2.47. The Balaban J connectivity index is 0.763. The Kier molecular flexibility index (Phi) is 12.8. The number of aromatic nitrogens is 4. The summed E-state index contributed by atoms with van der Waals surface area (Å²) in [6.07, 6.45) is 10.5. The van der Waals surface area contributed by atoms with Crippen molar-refractivity contribution in [2.24, 2.45) is 12.5 Å². The maximum Gasteiger partial charge on any atom is 0.293 e. The largest absolute Gasteiger partial charge is 0.392 e. The van der Waals surface area contributed by atoms with Gasteiger partial charge in [-0.2, -0.15) is 0 Å². The lowest BCUT2D eigenvalue weighted by Crippen LogP contribution is -2.57. The topological polar surface area (TPSA) is 202 Å². The van der Waals surface area contributed by atoms with Crippen LogP contribution in [0.3, 0.4) is 0 Å². The van der Waals surface area contributed by atoms with Gasteiger partial charge in [0.25, 0.3) is 23.3 Å². The molecule has 11 rings (SSSR count). The molecule has 7 heterocycles. The number of aliphatic hydroxyl groups is 2. The standard InChI is InChI=1S/C57H67N11O7/c1-7-49(70)60-44-27-36(59-50-55(74)62(6)32-45(61-50)40-14-19-58-51(43(40)33-69)67-25-24-66-47(54(67)73)26-35-29-56(3,4)30-48(35)66)8-11-46(44)65-23-22-64(31-34(65)2)37-15-20-63(21-16-37)39-9-10-41-42(28-39)53(72)68(52(41)71)38-12-17-57(5,75)18-13-38/h7-11,14,19,26-28,32,34,37-38,69,75H,1,12-13,15-18,20-25,29-31,33H2,2-6H3,(H,59,61)(H,60,70). The molecule has 2 aliphatic carbocycles. The van der Waals surface area contributed by atoms with Gasteiger partial charge in [0.05, 0.1) is 40.4 Å². The van der Waals surface area contributed by atoms with E-state index in [2.05, 4.69) is 62.2 Å². The summed E-state index contributed by atoms with van der Waals surface area (Å²) in [6.45, 7) is 16.7. The van der Waals surface area contributed by atoms with E-state index in [1.54, 1.807) is 42.5 Å². The molecule has 18 heteroatoms. The molecule has 18 nitrogen and oxygen atoms in total. The summed E-state index contributed by atoms with van der Waals surface area (Å²) in [7, 11) is 1.63. The highest BCUT2D eigenvalue weighted by Gasteiger charge is 2.44. The Labute approximate surface area is 436 Å². The predicted octanol–water partition coefficient (Wildman–Crippen LogP) is 6.26. The first kappa shape index (κ1) is 50.0. The number of hydrogen-bond acceptors (Lipinski definition) is 13. The molecule has 6 aliphatic rings. The molecule has 1 atom stereocenters. The number of carbonyl (C=O) groups is 4. The van der Waals surface area contributed by atoms with Gasteiger partial charge in [0.15, 0.2) is 5.82 Å². The number of piperidine rings is 1. The summed E-state index contributed by atoms with van der Waals surface area (Å²) in [5, 5.41) is 27.5. The number of aryl methyl sites for hydroxylation is 1. The first-order valence-corrected chi connectivity index (χ1v) is 26.5. The molecule has 0 radical (unpaired) electrons. The van der Waals surface area contributed by atoms with E-state index in [9.17, 15) is 34.2 Å². The fourth-order valence-corrected chi connectivity index (χ4v) is 12.7. The van der Waals surface area contributed by atoms with Crippen molar-refractivity contribution >= 4 is 58.0 Å². The zero-order chi connectivity index (χ0) is 52.7. The molecule has 2 aromatic carbocycles. The van der Waals surface area contributed by atoms with Crippen LogP contribution in [0.4, 0.5) is 34.4 Å². The van der Waals surface area contributed by atoms with Crippen LogP contribution >= 0.6 is 0 Å². The van der Waals surface area contributed by atoms with Crippen LogP contribution in [-0.2, 0) is 37.8 Å². The number of fused-ring (bicyclic) bond motifs is 4. The lowest BCUT2D eigenvalue weighted by molar-refractivity contribution is -0.111. The number of pyridine rings is 1. The fourth-order valence-electron chi connectivity index (χ4n) is 12.7. The van der Waals surface area contributed by atoms with Gasteiger partial charge in [-0.3, -0.25) is 38.7 Å². The maximum absolute atomic E-state index is 14.1. The Hall–Kier alpha value is -7.15. The maximum atomic E-state index is 14.1. The number of aliphatic hydroxyl groups excluding tert-OH is 1. The van der Waals surface area contributed by atoms with Gasteiger partial charge >= 0.3 is 0 Å². The Morgan fingerprint density at radius 1 is 0.853 bits per heavy atom. The molecule has 3 aromatic heterocycles. The SMILES string of the molecule is C=CC(=O)Nc1cc(Nc2nc(-c3ccnc(N4CCn5c(cc6c5CC(C)(C)C6)C4=O)c3CO)cn(C)c2=O)ccc1N1CCN(C2CCN(c3ccc4c(c3)C(=O)N(C3CCC(C)(O)CC3)C4=O)CC2)CC1C. The van der Waals surface area contributed by atoms with E-state index >= 15 is 0 Å². The van der Waals surface area contributed by atoms with Crippen molar-refractivity contribution in [2.45, 2.75) is 116 Å². The van der Waals surface area contributed by atoms with Gasteiger partial charge in [0.1, 0.15) is 11.5 Å². The van der Waals surface area contributed by atoms with Gasteiger partial charge in [-0.15, -0.1) is 0 Å². The number of benzene rings is 2. The van der Waals surface area contributed by atoms with Gasteiger partial charge in [-0.1, -0.05) is 20.4 Å². The van der Waals surface area contributed by atoms with Crippen LogP contribution in [0.15, 0.2) is 78.4 Å². The quantitative estimate of drug-likeness (QED) is 0.0855. The van der Waals surface area contributed by atoms with Gasteiger partial charge in [0.2, 0.25) is 5.91 Å². The fraction of sp³-hybridized carbons (Fsp3) is 0.456. The number of piperazine rings is 1. The van der Waals surface area contributed by atoms with Crippen molar-refractivity contribution in [2.75, 3.05) is 64.6 Å². The van der Waals surface area contributed by atoms with Crippen LogP contribution < -0.4 is 30.9 Å². The number of imide groups is 1. The highest BCUT2D eigenvalue weighted by atomic mass is 16.3. The molecular weight excluding hydrogens is 951 g/mol. The number of carbonyl (C=O) groups excluding carboxylic acids is 4. The molecule has 0 bridgehead atoms. The molecule has 75 heavy (non-hydrogen) atoms. The minimum absolute atomic E-state index is 0.0289. The van der Waals surface area contributed by atoms with Crippen molar-refractivity contribution in [1.82, 2.24) is 28.9 Å². The van der Waals surface area contributed by atoms with Crippen molar-refractivity contribution in [3.8, 4) is 11.3 Å². The van der Waals surface area contributed by atoms with Gasteiger partial charge in [-0.25, -0.2) is 9.97 Å². The number of nitrogens with one attached hydrogen (secondary N) is 2. The Morgan fingerprint density at radius 2 is 1.61 bits per heavy atom. The summed E-state index contributed by atoms with van der Waals surface area (Å²) < 4.78 is 3.56. The second-order valence-electron chi connectivity index (χ2n) is 22.6. The minimum Gasteiger partial charge on any atom is -0.392 e. The molecule has 4 amide bonds. The number of hydrogen-bond donors (Lipinski definition) is 4. The number of nitrogens with zero attached hydrogens (tertiary/aromatic N) is 9. The molecule has 5 aromatic rings. The van der Waals surface area contributed by atoms with Crippen LogP contribution in [0, 0.1) is 5.41 Å². The smallest absolute Gasteiger partial charge is 0.293 e. The second kappa shape index (κ2) is 19.2. The monoisotopic (exact) mass is 1020 g/mol. The normalized spacial score (nSPS) is 22.8. The molecule has 2 saturated heterocycles. The van der Waals surface area contributed by atoms with Gasteiger partial charge < -0.3 is 39.8 Å². The third-order valence-corrected chi connectivity index (χ3v) is 16.7. The van der Waals surface area contributed by atoms with Crippen molar-refractivity contribution in [3.05, 3.63) is 118 Å². The Bertz CT molecular complexity index is 3210. The van der Waals surface area contributed by atoms with Crippen molar-refractivity contribution in [1.29, 1.82) is 0 Å². The van der Waals surface area contributed by atoms with Crippen LogP contribution in [0.2, 0.25) is 0 Å². The first-order valence-electron chi connectivity index (χ1n) is 26.5. The molecule has 3 fully saturated rings. The van der Waals surface area contributed by atoms with Crippen molar-refractivity contribution in [3.63, 3.8) is 0 Å². The first-order chi connectivity index (χ1) is 35.9. The average molecular weight is 1020 g/mol. The third kappa shape index (κ3) is 9.20. The van der Waals surface area contributed by atoms with Gasteiger partial charge in [-0.05, 0) is 131 Å². The van der Waals surface area contributed by atoms with Crippen molar-refractivity contribution < 1.29 is 29.4 Å². The molecule has 1 unspecified atom stereocenters. The summed E-state index contributed by atoms with van der Waals surface area (Å²) in [5.41, 5.74) is 7.17. The zero-order valence-corrected chi connectivity index (χ0v) is 43.6. The van der Waals surface area contributed by atoms with Crippen LogP contribution in [0.25, 0.3) is 11.3 Å². The summed E-state index contributed by atoms with van der Waals surface area (Å²) in [6, 6.07) is 15.2. The third-order valence-electron chi connectivity index (χ3n) is 16.7. The van der Waals surface area contributed by atoms with E-state index in [1.807, 2.05) is 37.3 Å².